The van der Waals surface area contributed by atoms with E-state index in [1.165, 1.54) is 0 Å². The second kappa shape index (κ2) is 4.96. The zero-order valence-electron chi connectivity index (χ0n) is 11.2. The van der Waals surface area contributed by atoms with Crippen molar-refractivity contribution in [2.24, 2.45) is 5.92 Å². The van der Waals surface area contributed by atoms with E-state index in [2.05, 4.69) is 0 Å². The Morgan fingerprint density at radius 1 is 1.21 bits per heavy atom. The van der Waals surface area contributed by atoms with Gasteiger partial charge in [0.2, 0.25) is 17.7 Å². The topological polar surface area (TPSA) is 60.4 Å². The Kier molecular flexibility index (Phi) is 3.51. The minimum atomic E-state index is -1.29. The summed E-state index contributed by atoms with van der Waals surface area (Å²) in [5.74, 6) is -1.73. The van der Waals surface area contributed by atoms with E-state index >= 15 is 0 Å². The normalized spacial score (nSPS) is 17.8. The summed E-state index contributed by atoms with van der Waals surface area (Å²) in [5.41, 5.74) is 1.70. The van der Waals surface area contributed by atoms with Gasteiger partial charge >= 0.3 is 5.97 Å². The highest BCUT2D eigenvalue weighted by Gasteiger charge is 2.41. The maximum atomic E-state index is 12.1. The smallest absolute Gasteiger partial charge is 0.309 e. The lowest BCUT2D eigenvalue weighted by Crippen LogP contribution is -2.30. The van der Waals surface area contributed by atoms with Crippen LogP contribution in [0.15, 0.2) is 18.2 Å². The summed E-state index contributed by atoms with van der Waals surface area (Å²) in [7, 11) is 0. The third-order valence-electron chi connectivity index (χ3n) is 3.20. The van der Waals surface area contributed by atoms with Gasteiger partial charge in [-0.15, -0.1) is 0 Å². The first kappa shape index (κ1) is 13.5. The lowest BCUT2D eigenvalue weighted by molar-refractivity contribution is -0.148. The van der Waals surface area contributed by atoms with Crippen LogP contribution in [0.3, 0.4) is 0 Å². The molecule has 4 heteroatoms. The molecule has 0 N–H and O–H groups in total. The van der Waals surface area contributed by atoms with Crippen LogP contribution >= 0.6 is 0 Å². The number of ether oxygens (including phenoxy) is 1. The molecular weight excluding hydrogens is 244 g/mol. The van der Waals surface area contributed by atoms with Crippen LogP contribution in [0.4, 0.5) is 0 Å². The van der Waals surface area contributed by atoms with Gasteiger partial charge in [-0.05, 0) is 18.1 Å². The molecule has 1 aliphatic rings. The van der Waals surface area contributed by atoms with Crippen molar-refractivity contribution in [3.63, 3.8) is 0 Å². The van der Waals surface area contributed by atoms with Crippen LogP contribution in [0.1, 0.15) is 47.1 Å². The summed E-state index contributed by atoms with van der Waals surface area (Å²) < 4.78 is 5.02. The Morgan fingerprint density at radius 2 is 1.84 bits per heavy atom. The van der Waals surface area contributed by atoms with Crippen molar-refractivity contribution in [2.75, 3.05) is 0 Å². The van der Waals surface area contributed by atoms with E-state index in [4.69, 9.17) is 4.74 Å². The summed E-state index contributed by atoms with van der Waals surface area (Å²) in [6.07, 6.45) is -0.512. The Hall–Kier alpha value is -1.97. The fraction of sp³-hybridized carbons (Fsp3) is 0.400. The first-order valence-electron chi connectivity index (χ1n) is 6.37. The van der Waals surface area contributed by atoms with Crippen LogP contribution in [-0.2, 0) is 16.0 Å². The van der Waals surface area contributed by atoms with Gasteiger partial charge in [-0.1, -0.05) is 32.9 Å². The van der Waals surface area contributed by atoms with Crippen molar-refractivity contribution in [1.82, 2.24) is 0 Å². The minimum Gasteiger partial charge on any atom is -0.445 e. The molecule has 0 aromatic heterocycles. The van der Waals surface area contributed by atoms with E-state index in [-0.39, 0.29) is 5.92 Å². The van der Waals surface area contributed by atoms with Crippen LogP contribution in [0.5, 0.6) is 0 Å². The Balaban J connectivity index is 2.31. The molecule has 19 heavy (non-hydrogen) atoms. The van der Waals surface area contributed by atoms with Gasteiger partial charge < -0.3 is 4.74 Å². The highest BCUT2D eigenvalue weighted by Crippen LogP contribution is 2.26. The summed E-state index contributed by atoms with van der Waals surface area (Å²) in [6.45, 7) is 5.29. The monoisotopic (exact) mass is 260 g/mol. The number of aryl methyl sites for hydroxylation is 1. The molecular formula is C15H16O4. The van der Waals surface area contributed by atoms with Gasteiger partial charge in [0.25, 0.3) is 0 Å². The van der Waals surface area contributed by atoms with Crippen LogP contribution in [0, 0.1) is 5.92 Å². The average Bonchev–Trinajstić information content (AvgIpc) is 2.63. The molecule has 1 aliphatic carbocycles. The molecule has 0 amide bonds. The molecule has 0 bridgehead atoms. The Labute approximate surface area is 111 Å². The predicted molar refractivity (Wildman–Crippen MR) is 69.2 cm³/mol. The van der Waals surface area contributed by atoms with Gasteiger partial charge in [0, 0.05) is 11.1 Å². The standard InChI is InChI=1S/C15H16O4/c1-4-9-5-6-10-11(7-9)13(17)14(12(10)16)19-15(18)8(2)3/h5-8,14H,4H2,1-3H3. The first-order chi connectivity index (χ1) is 8.95. The third-order valence-corrected chi connectivity index (χ3v) is 3.20. The number of carbonyl (C=O) groups excluding carboxylic acids is 3. The molecule has 0 spiro atoms. The van der Waals surface area contributed by atoms with Crippen LogP contribution in [-0.4, -0.2) is 23.6 Å². The number of benzene rings is 1. The zero-order chi connectivity index (χ0) is 14.2. The van der Waals surface area contributed by atoms with Crippen LogP contribution in [0.25, 0.3) is 0 Å². The predicted octanol–water partition coefficient (Wildman–Crippen LogP) is 2.20. The number of hydrogen-bond donors (Lipinski definition) is 0. The molecule has 100 valence electrons. The van der Waals surface area contributed by atoms with Gasteiger partial charge in [0.1, 0.15) is 0 Å². The van der Waals surface area contributed by atoms with Crippen LogP contribution < -0.4 is 0 Å². The van der Waals surface area contributed by atoms with Crippen molar-refractivity contribution < 1.29 is 19.1 Å². The van der Waals surface area contributed by atoms with Crippen molar-refractivity contribution in [3.05, 3.63) is 34.9 Å². The van der Waals surface area contributed by atoms with Crippen LogP contribution in [0.2, 0.25) is 0 Å². The Bertz CT molecular complexity index is 557. The fourth-order valence-corrected chi connectivity index (χ4v) is 1.99. The van der Waals surface area contributed by atoms with E-state index in [1.54, 1.807) is 26.0 Å². The minimum absolute atomic E-state index is 0.351. The molecule has 0 saturated heterocycles. The summed E-state index contributed by atoms with van der Waals surface area (Å²) in [6, 6.07) is 5.16. The quantitative estimate of drug-likeness (QED) is 0.617. The van der Waals surface area contributed by atoms with Gasteiger partial charge in [0.15, 0.2) is 0 Å². The molecule has 0 fully saturated rings. The largest absolute Gasteiger partial charge is 0.445 e. The Morgan fingerprint density at radius 3 is 2.42 bits per heavy atom. The molecule has 1 aromatic rings. The second-order valence-electron chi connectivity index (χ2n) is 4.93. The van der Waals surface area contributed by atoms with Gasteiger partial charge in [0.05, 0.1) is 5.92 Å². The summed E-state index contributed by atoms with van der Waals surface area (Å²) in [4.78, 5) is 35.7. The number of ketones is 2. The van der Waals surface area contributed by atoms with E-state index in [1.807, 2.05) is 13.0 Å². The first-order valence-corrected chi connectivity index (χ1v) is 6.37. The van der Waals surface area contributed by atoms with Gasteiger partial charge in [-0.3, -0.25) is 14.4 Å². The van der Waals surface area contributed by atoms with E-state index in [0.717, 1.165) is 12.0 Å². The van der Waals surface area contributed by atoms with E-state index in [0.29, 0.717) is 11.1 Å². The van der Waals surface area contributed by atoms with Crippen molar-refractivity contribution in [1.29, 1.82) is 0 Å². The van der Waals surface area contributed by atoms with E-state index < -0.39 is 23.6 Å². The molecule has 2 rings (SSSR count). The molecule has 1 aromatic carbocycles. The average molecular weight is 260 g/mol. The molecule has 0 saturated carbocycles. The molecule has 0 heterocycles. The van der Waals surface area contributed by atoms with Gasteiger partial charge in [-0.25, -0.2) is 0 Å². The second-order valence-corrected chi connectivity index (χ2v) is 4.93. The highest BCUT2D eigenvalue weighted by atomic mass is 16.6. The molecule has 0 radical (unpaired) electrons. The summed E-state index contributed by atoms with van der Waals surface area (Å²) >= 11 is 0. The number of hydrogen-bond acceptors (Lipinski definition) is 4. The lowest BCUT2D eigenvalue weighted by Gasteiger charge is -2.10. The lowest BCUT2D eigenvalue weighted by atomic mass is 10.0. The van der Waals surface area contributed by atoms with E-state index in [9.17, 15) is 14.4 Å². The number of rotatable bonds is 3. The highest BCUT2D eigenvalue weighted by molar-refractivity contribution is 6.29. The van der Waals surface area contributed by atoms with Crippen molar-refractivity contribution >= 4 is 17.5 Å². The summed E-state index contributed by atoms with van der Waals surface area (Å²) in [5, 5.41) is 0. The molecule has 1 unspecified atom stereocenters. The molecule has 4 nitrogen and oxygen atoms in total. The van der Waals surface area contributed by atoms with Gasteiger partial charge in [-0.2, -0.15) is 0 Å². The third kappa shape index (κ3) is 2.30. The zero-order valence-corrected chi connectivity index (χ0v) is 11.2. The number of carbonyl (C=O) groups is 3. The maximum absolute atomic E-state index is 12.1. The maximum Gasteiger partial charge on any atom is 0.309 e. The molecule has 0 aliphatic heterocycles. The SMILES string of the molecule is CCc1ccc2c(c1)C(=O)C(OC(=O)C(C)C)C2=O. The number of fused-ring (bicyclic) bond motifs is 1. The number of esters is 1. The van der Waals surface area contributed by atoms with Crippen molar-refractivity contribution in [2.45, 2.75) is 33.3 Å². The fourth-order valence-electron chi connectivity index (χ4n) is 1.99. The number of Topliss-reactive ketones (excluding diaryl/α,β-unsaturated/α-hetero) is 2. The molecule has 1 atom stereocenters. The van der Waals surface area contributed by atoms with Crippen molar-refractivity contribution in [3.8, 4) is 0 Å².